The van der Waals surface area contributed by atoms with E-state index in [-0.39, 0.29) is 5.02 Å². The highest BCUT2D eigenvalue weighted by Crippen LogP contribution is 2.31. The summed E-state index contributed by atoms with van der Waals surface area (Å²) < 4.78 is 10.5. The van der Waals surface area contributed by atoms with E-state index in [0.29, 0.717) is 28.8 Å². The minimum Gasteiger partial charge on any atom is -0.493 e. The lowest BCUT2D eigenvalue weighted by Gasteiger charge is -2.13. The highest BCUT2D eigenvalue weighted by Gasteiger charge is 2.13. The Kier molecular flexibility index (Phi) is 6.81. The minimum absolute atomic E-state index is 0.115. The number of aromatic nitrogens is 2. The number of H-pyrrole nitrogens is 1. The minimum atomic E-state index is -0.410. The summed E-state index contributed by atoms with van der Waals surface area (Å²) in [5.74, 6) is 2.20. The third-order valence-corrected chi connectivity index (χ3v) is 4.79. The molecule has 0 saturated carbocycles. The molecule has 24 heavy (non-hydrogen) atoms. The second kappa shape index (κ2) is 8.84. The van der Waals surface area contributed by atoms with E-state index in [4.69, 9.17) is 21.1 Å². The van der Waals surface area contributed by atoms with E-state index < -0.39 is 5.56 Å². The van der Waals surface area contributed by atoms with Gasteiger partial charge in [-0.15, -0.1) is 11.8 Å². The molecular weight excluding hydrogens is 350 g/mol. The van der Waals surface area contributed by atoms with E-state index in [0.717, 1.165) is 17.7 Å². The largest absolute Gasteiger partial charge is 0.493 e. The van der Waals surface area contributed by atoms with Gasteiger partial charge in [0.05, 0.1) is 19.9 Å². The van der Waals surface area contributed by atoms with Crippen LogP contribution in [0.4, 0.5) is 5.69 Å². The molecule has 0 atom stereocenters. The van der Waals surface area contributed by atoms with Gasteiger partial charge >= 0.3 is 0 Å². The summed E-state index contributed by atoms with van der Waals surface area (Å²) in [6.45, 7) is 2.56. The quantitative estimate of drug-likeness (QED) is 0.693. The summed E-state index contributed by atoms with van der Waals surface area (Å²) in [5, 5.41) is 10.5. The Balaban J connectivity index is 2.22. The summed E-state index contributed by atoms with van der Waals surface area (Å²) in [5.41, 5.74) is 1.11. The number of hydrogen-bond donors (Lipinski definition) is 2. The molecule has 2 N–H and O–H groups in total. The fraction of sp³-hybridized carbons (Fsp3) is 0.375. The number of halogens is 1. The lowest BCUT2D eigenvalue weighted by atomic mass is 10.2. The Hall–Kier alpha value is -1.86. The molecular formula is C16H20ClN3O3S. The number of anilines is 1. The van der Waals surface area contributed by atoms with Gasteiger partial charge in [0.2, 0.25) is 0 Å². The van der Waals surface area contributed by atoms with Crippen LogP contribution in [0.1, 0.15) is 18.9 Å². The van der Waals surface area contributed by atoms with Crippen LogP contribution < -0.4 is 20.3 Å². The van der Waals surface area contributed by atoms with Gasteiger partial charge in [-0.2, -0.15) is 5.10 Å². The molecule has 8 heteroatoms. The van der Waals surface area contributed by atoms with E-state index in [2.05, 4.69) is 22.4 Å². The standard InChI is InChI=1S/C16H20ClN3O3S/c1-4-7-24-16-14(13(17)15(21)19-20-16)18-9-10-5-6-11(22-2)12(8-10)23-3/h5-6,8H,4,7,9H2,1-3H3,(H2,18,19,21). The number of methoxy groups -OCH3 is 2. The van der Waals surface area contributed by atoms with Gasteiger partial charge < -0.3 is 14.8 Å². The summed E-state index contributed by atoms with van der Waals surface area (Å²) in [6.07, 6.45) is 0.998. The van der Waals surface area contributed by atoms with Crippen molar-refractivity contribution in [3.63, 3.8) is 0 Å². The lowest BCUT2D eigenvalue weighted by Crippen LogP contribution is -2.14. The molecule has 0 radical (unpaired) electrons. The molecule has 6 nitrogen and oxygen atoms in total. The summed E-state index contributed by atoms with van der Waals surface area (Å²) in [6, 6.07) is 5.63. The average Bonchev–Trinajstić information content (AvgIpc) is 2.61. The second-order valence-electron chi connectivity index (χ2n) is 4.94. The maximum absolute atomic E-state index is 11.7. The normalized spacial score (nSPS) is 10.5. The van der Waals surface area contributed by atoms with Crippen LogP contribution in [-0.4, -0.2) is 30.2 Å². The maximum Gasteiger partial charge on any atom is 0.285 e. The van der Waals surface area contributed by atoms with Crippen molar-refractivity contribution in [3.8, 4) is 11.5 Å². The first-order chi connectivity index (χ1) is 11.6. The van der Waals surface area contributed by atoms with E-state index >= 15 is 0 Å². The average molecular weight is 370 g/mol. The molecule has 0 bridgehead atoms. The van der Waals surface area contributed by atoms with Crippen LogP contribution in [0.25, 0.3) is 0 Å². The fourth-order valence-corrected chi connectivity index (χ4v) is 3.13. The van der Waals surface area contributed by atoms with Crippen molar-refractivity contribution in [1.29, 1.82) is 0 Å². The predicted molar refractivity (Wildman–Crippen MR) is 97.8 cm³/mol. The number of rotatable bonds is 8. The Morgan fingerprint density at radius 2 is 2.04 bits per heavy atom. The van der Waals surface area contributed by atoms with Gasteiger partial charge in [-0.05, 0) is 29.9 Å². The summed E-state index contributed by atoms with van der Waals surface area (Å²) >= 11 is 7.69. The molecule has 0 unspecified atom stereocenters. The van der Waals surface area contributed by atoms with Crippen LogP contribution in [0, 0.1) is 0 Å². The van der Waals surface area contributed by atoms with Crippen LogP contribution in [0.15, 0.2) is 28.0 Å². The van der Waals surface area contributed by atoms with Gasteiger partial charge in [0, 0.05) is 6.54 Å². The maximum atomic E-state index is 11.7. The first-order valence-corrected chi connectivity index (χ1v) is 8.82. The fourth-order valence-electron chi connectivity index (χ4n) is 2.05. The number of thioether (sulfide) groups is 1. The van der Waals surface area contributed by atoms with Crippen molar-refractivity contribution < 1.29 is 9.47 Å². The van der Waals surface area contributed by atoms with Crippen molar-refractivity contribution in [2.45, 2.75) is 24.9 Å². The number of hydrogen-bond acceptors (Lipinski definition) is 6. The molecule has 2 rings (SSSR count). The number of nitrogens with one attached hydrogen (secondary N) is 2. The van der Waals surface area contributed by atoms with Crippen molar-refractivity contribution >= 4 is 29.1 Å². The Labute approximate surface area is 149 Å². The van der Waals surface area contributed by atoms with Crippen molar-refractivity contribution in [3.05, 3.63) is 39.1 Å². The molecule has 0 aliphatic carbocycles. The summed E-state index contributed by atoms with van der Waals surface area (Å²) in [4.78, 5) is 11.7. The zero-order chi connectivity index (χ0) is 17.5. The molecule has 2 aromatic rings. The van der Waals surface area contributed by atoms with Gasteiger partial charge in [-0.25, -0.2) is 5.10 Å². The third-order valence-electron chi connectivity index (χ3n) is 3.25. The van der Waals surface area contributed by atoms with Crippen molar-refractivity contribution in [1.82, 2.24) is 10.2 Å². The Bertz CT molecular complexity index is 752. The van der Waals surface area contributed by atoms with E-state index in [1.54, 1.807) is 26.0 Å². The molecule has 0 amide bonds. The molecule has 0 saturated heterocycles. The molecule has 1 heterocycles. The first kappa shape index (κ1) is 18.5. The van der Waals surface area contributed by atoms with Crippen molar-refractivity contribution in [2.24, 2.45) is 0 Å². The molecule has 130 valence electrons. The molecule has 0 fully saturated rings. The van der Waals surface area contributed by atoms with E-state index in [9.17, 15) is 4.79 Å². The SMILES string of the molecule is CCCSc1n[nH]c(=O)c(Cl)c1NCc1ccc(OC)c(OC)c1. The topological polar surface area (TPSA) is 76.2 Å². The van der Waals surface area contributed by atoms with Crippen LogP contribution >= 0.6 is 23.4 Å². The predicted octanol–water partition coefficient (Wildman–Crippen LogP) is 3.55. The van der Waals surface area contributed by atoms with Gasteiger partial charge in [0.15, 0.2) is 11.5 Å². The van der Waals surface area contributed by atoms with E-state index in [1.165, 1.54) is 0 Å². The van der Waals surface area contributed by atoms with Crippen LogP contribution in [0.3, 0.4) is 0 Å². The molecule has 1 aromatic carbocycles. The van der Waals surface area contributed by atoms with Gasteiger partial charge in [0.1, 0.15) is 10.0 Å². The monoisotopic (exact) mass is 369 g/mol. The molecule has 0 spiro atoms. The first-order valence-electron chi connectivity index (χ1n) is 7.46. The van der Waals surface area contributed by atoms with E-state index in [1.807, 2.05) is 18.2 Å². The van der Waals surface area contributed by atoms with Crippen LogP contribution in [0.5, 0.6) is 11.5 Å². The van der Waals surface area contributed by atoms with Crippen LogP contribution in [-0.2, 0) is 6.54 Å². The Morgan fingerprint density at radius 3 is 2.71 bits per heavy atom. The number of ether oxygens (including phenoxy) is 2. The van der Waals surface area contributed by atoms with Gasteiger partial charge in [-0.1, -0.05) is 24.6 Å². The van der Waals surface area contributed by atoms with Gasteiger partial charge in [0.25, 0.3) is 5.56 Å². The Morgan fingerprint density at radius 1 is 1.29 bits per heavy atom. The number of nitrogens with zero attached hydrogens (tertiary/aromatic N) is 1. The molecule has 0 aliphatic rings. The highest BCUT2D eigenvalue weighted by atomic mass is 35.5. The zero-order valence-electron chi connectivity index (χ0n) is 13.8. The number of aromatic amines is 1. The van der Waals surface area contributed by atoms with Crippen LogP contribution in [0.2, 0.25) is 5.02 Å². The van der Waals surface area contributed by atoms with Crippen molar-refractivity contribution in [2.75, 3.05) is 25.3 Å². The molecule has 1 aromatic heterocycles. The van der Waals surface area contributed by atoms with Gasteiger partial charge in [-0.3, -0.25) is 4.79 Å². The molecule has 0 aliphatic heterocycles. The number of benzene rings is 1. The lowest BCUT2D eigenvalue weighted by molar-refractivity contribution is 0.354. The zero-order valence-corrected chi connectivity index (χ0v) is 15.4. The summed E-state index contributed by atoms with van der Waals surface area (Å²) in [7, 11) is 3.18. The second-order valence-corrected chi connectivity index (χ2v) is 6.40. The highest BCUT2D eigenvalue weighted by molar-refractivity contribution is 7.99. The smallest absolute Gasteiger partial charge is 0.285 e. The third kappa shape index (κ3) is 4.36.